The number of ether oxygens (including phenoxy) is 1. The standard InChI is InChI=1S/C11H9N3O3/c1-17-10-7-9(11(15)16)5-4-8(10)3-2-6-13-14-12/h4-5,7H,6H2,1H3,(H,15,16). The predicted octanol–water partition coefficient (Wildman–Crippen LogP) is 2.06. The average Bonchev–Trinajstić information content (AvgIpc) is 2.34. The molecular formula is C11H9N3O3. The van der Waals surface area contributed by atoms with Crippen molar-refractivity contribution in [3.63, 3.8) is 0 Å². The highest BCUT2D eigenvalue weighted by atomic mass is 16.5. The van der Waals surface area contributed by atoms with Crippen LogP contribution in [0, 0.1) is 11.8 Å². The lowest BCUT2D eigenvalue weighted by molar-refractivity contribution is 0.0696. The van der Waals surface area contributed by atoms with Crippen molar-refractivity contribution in [3.05, 3.63) is 39.8 Å². The van der Waals surface area contributed by atoms with E-state index in [1.165, 1.54) is 19.2 Å². The van der Waals surface area contributed by atoms with E-state index in [9.17, 15) is 4.79 Å². The molecule has 1 N–H and O–H groups in total. The fourth-order valence-corrected chi connectivity index (χ4v) is 1.13. The molecule has 6 heteroatoms. The molecule has 1 aromatic rings. The van der Waals surface area contributed by atoms with E-state index >= 15 is 0 Å². The first kappa shape index (κ1) is 12.4. The third-order valence-electron chi connectivity index (χ3n) is 1.88. The highest BCUT2D eigenvalue weighted by molar-refractivity contribution is 5.88. The maximum atomic E-state index is 10.7. The Morgan fingerprint density at radius 1 is 1.65 bits per heavy atom. The molecule has 1 aromatic carbocycles. The summed E-state index contributed by atoms with van der Waals surface area (Å²) in [6.07, 6.45) is 0. The molecule has 0 saturated heterocycles. The number of hydrogen-bond acceptors (Lipinski definition) is 3. The molecule has 0 saturated carbocycles. The normalized spacial score (nSPS) is 8.53. The van der Waals surface area contributed by atoms with Gasteiger partial charge in [-0.05, 0) is 23.7 Å². The third-order valence-corrected chi connectivity index (χ3v) is 1.88. The van der Waals surface area contributed by atoms with Crippen LogP contribution < -0.4 is 4.74 Å². The van der Waals surface area contributed by atoms with Crippen molar-refractivity contribution in [2.75, 3.05) is 13.7 Å². The molecule has 0 aliphatic heterocycles. The molecule has 86 valence electrons. The van der Waals surface area contributed by atoms with Crippen LogP contribution >= 0.6 is 0 Å². The van der Waals surface area contributed by atoms with E-state index in [0.29, 0.717) is 11.3 Å². The van der Waals surface area contributed by atoms with Crippen molar-refractivity contribution in [1.29, 1.82) is 0 Å². The van der Waals surface area contributed by atoms with Crippen LogP contribution in [-0.4, -0.2) is 24.7 Å². The van der Waals surface area contributed by atoms with E-state index in [1.54, 1.807) is 6.07 Å². The molecule has 0 aromatic heterocycles. The van der Waals surface area contributed by atoms with Gasteiger partial charge in [-0.25, -0.2) is 4.79 Å². The highest BCUT2D eigenvalue weighted by Crippen LogP contribution is 2.19. The largest absolute Gasteiger partial charge is 0.495 e. The van der Waals surface area contributed by atoms with Crippen LogP contribution in [0.3, 0.4) is 0 Å². The van der Waals surface area contributed by atoms with E-state index in [-0.39, 0.29) is 12.1 Å². The number of rotatable bonds is 3. The van der Waals surface area contributed by atoms with Crippen molar-refractivity contribution in [1.82, 2.24) is 0 Å². The van der Waals surface area contributed by atoms with E-state index in [0.717, 1.165) is 0 Å². The number of hydrogen-bond donors (Lipinski definition) is 1. The van der Waals surface area contributed by atoms with Crippen molar-refractivity contribution < 1.29 is 14.6 Å². The minimum absolute atomic E-state index is 0.0559. The quantitative estimate of drug-likeness (QED) is 0.373. The molecule has 0 amide bonds. The van der Waals surface area contributed by atoms with E-state index in [2.05, 4.69) is 21.9 Å². The molecule has 17 heavy (non-hydrogen) atoms. The number of carboxylic acids is 1. The van der Waals surface area contributed by atoms with Gasteiger partial charge < -0.3 is 9.84 Å². The van der Waals surface area contributed by atoms with E-state index in [4.69, 9.17) is 15.4 Å². The van der Waals surface area contributed by atoms with Gasteiger partial charge in [-0.3, -0.25) is 0 Å². The van der Waals surface area contributed by atoms with Crippen molar-refractivity contribution >= 4 is 5.97 Å². The first-order chi connectivity index (χ1) is 8.19. The second-order valence-electron chi connectivity index (χ2n) is 2.91. The van der Waals surface area contributed by atoms with Gasteiger partial charge in [0.1, 0.15) is 5.75 Å². The van der Waals surface area contributed by atoms with Crippen LogP contribution in [0.4, 0.5) is 0 Å². The number of aromatic carboxylic acids is 1. The molecule has 0 spiro atoms. The topological polar surface area (TPSA) is 95.3 Å². The Bertz CT molecular complexity index is 537. The summed E-state index contributed by atoms with van der Waals surface area (Å²) in [5.74, 6) is 4.70. The summed E-state index contributed by atoms with van der Waals surface area (Å²) in [5, 5.41) is 12.1. The molecule has 0 atom stereocenters. The zero-order valence-corrected chi connectivity index (χ0v) is 9.04. The summed E-state index contributed by atoms with van der Waals surface area (Å²) in [4.78, 5) is 13.3. The lowest BCUT2D eigenvalue weighted by Gasteiger charge is -2.03. The zero-order valence-electron chi connectivity index (χ0n) is 9.04. The maximum absolute atomic E-state index is 10.7. The number of benzene rings is 1. The van der Waals surface area contributed by atoms with Crippen LogP contribution in [0.5, 0.6) is 5.75 Å². The lowest BCUT2D eigenvalue weighted by atomic mass is 10.1. The summed E-state index contributed by atoms with van der Waals surface area (Å²) in [6, 6.07) is 4.37. The molecule has 0 fully saturated rings. The highest BCUT2D eigenvalue weighted by Gasteiger charge is 2.06. The fourth-order valence-electron chi connectivity index (χ4n) is 1.13. The Morgan fingerprint density at radius 2 is 2.41 bits per heavy atom. The van der Waals surface area contributed by atoms with Gasteiger partial charge in [0.15, 0.2) is 0 Å². The first-order valence-electron chi connectivity index (χ1n) is 4.60. The van der Waals surface area contributed by atoms with Crippen LogP contribution in [0.1, 0.15) is 15.9 Å². The van der Waals surface area contributed by atoms with Crippen LogP contribution in [0.2, 0.25) is 0 Å². The predicted molar refractivity (Wildman–Crippen MR) is 60.8 cm³/mol. The number of carbonyl (C=O) groups is 1. The first-order valence-corrected chi connectivity index (χ1v) is 4.60. The second kappa shape index (κ2) is 6.05. The maximum Gasteiger partial charge on any atom is 0.335 e. The number of nitrogens with zero attached hydrogens (tertiary/aromatic N) is 3. The van der Waals surface area contributed by atoms with Gasteiger partial charge in [0.25, 0.3) is 0 Å². The van der Waals surface area contributed by atoms with Gasteiger partial charge in [0.2, 0.25) is 0 Å². The van der Waals surface area contributed by atoms with E-state index in [1.807, 2.05) is 0 Å². The Kier molecular flexibility index (Phi) is 4.43. The summed E-state index contributed by atoms with van der Waals surface area (Å²) in [5.41, 5.74) is 8.74. The molecular weight excluding hydrogens is 222 g/mol. The summed E-state index contributed by atoms with van der Waals surface area (Å²) >= 11 is 0. The Labute approximate surface area is 97.5 Å². The summed E-state index contributed by atoms with van der Waals surface area (Å²) < 4.78 is 5.02. The third kappa shape index (κ3) is 3.45. The van der Waals surface area contributed by atoms with Crippen LogP contribution in [0.25, 0.3) is 10.4 Å². The molecule has 0 bridgehead atoms. The van der Waals surface area contributed by atoms with Crippen molar-refractivity contribution in [2.45, 2.75) is 0 Å². The monoisotopic (exact) mass is 231 g/mol. The molecule has 0 heterocycles. The Morgan fingerprint density at radius 3 is 3.00 bits per heavy atom. The van der Waals surface area contributed by atoms with Gasteiger partial charge in [-0.15, -0.1) is 0 Å². The lowest BCUT2D eigenvalue weighted by Crippen LogP contribution is -1.98. The van der Waals surface area contributed by atoms with Gasteiger partial charge in [0.05, 0.1) is 24.8 Å². The van der Waals surface area contributed by atoms with Gasteiger partial charge in [-0.1, -0.05) is 17.0 Å². The molecule has 0 unspecified atom stereocenters. The molecule has 1 rings (SSSR count). The van der Waals surface area contributed by atoms with Crippen molar-refractivity contribution in [3.8, 4) is 17.6 Å². The van der Waals surface area contributed by atoms with Crippen LogP contribution in [-0.2, 0) is 0 Å². The molecule has 0 aliphatic carbocycles. The minimum Gasteiger partial charge on any atom is -0.495 e. The average molecular weight is 231 g/mol. The van der Waals surface area contributed by atoms with Crippen LogP contribution in [0.15, 0.2) is 23.3 Å². The van der Waals surface area contributed by atoms with Gasteiger partial charge >= 0.3 is 5.97 Å². The summed E-state index contributed by atoms with van der Waals surface area (Å²) in [6.45, 7) is 0.0559. The SMILES string of the molecule is COc1cc(C(=O)O)ccc1C#CCN=[N+]=[N-]. The Balaban J connectivity index is 3.03. The van der Waals surface area contributed by atoms with Crippen molar-refractivity contribution in [2.24, 2.45) is 5.11 Å². The number of azide groups is 1. The van der Waals surface area contributed by atoms with Gasteiger partial charge in [0, 0.05) is 4.91 Å². The molecule has 6 nitrogen and oxygen atoms in total. The molecule has 0 radical (unpaired) electrons. The zero-order chi connectivity index (χ0) is 12.7. The van der Waals surface area contributed by atoms with E-state index < -0.39 is 5.97 Å². The summed E-state index contributed by atoms with van der Waals surface area (Å²) in [7, 11) is 1.43. The molecule has 0 aliphatic rings. The minimum atomic E-state index is -1.03. The number of methoxy groups -OCH3 is 1. The Hall–Kier alpha value is -2.64. The number of carboxylic acid groups (broad SMARTS) is 1. The smallest absolute Gasteiger partial charge is 0.335 e. The second-order valence-corrected chi connectivity index (χ2v) is 2.91. The fraction of sp³-hybridized carbons (Fsp3) is 0.182. The van der Waals surface area contributed by atoms with Gasteiger partial charge in [-0.2, -0.15) is 0 Å².